The van der Waals surface area contributed by atoms with Crippen LogP contribution in [0.5, 0.6) is 0 Å². The summed E-state index contributed by atoms with van der Waals surface area (Å²) in [5, 5.41) is 12.3. The molecule has 1 aliphatic heterocycles. The van der Waals surface area contributed by atoms with E-state index < -0.39 is 0 Å². The van der Waals surface area contributed by atoms with Gasteiger partial charge >= 0.3 is 6.03 Å². The first-order chi connectivity index (χ1) is 10.0. The molecule has 4 nitrogen and oxygen atoms in total. The van der Waals surface area contributed by atoms with Crippen molar-refractivity contribution in [2.45, 2.75) is 39.2 Å². The molecule has 1 aromatic carbocycles. The van der Waals surface area contributed by atoms with Crippen LogP contribution >= 0.6 is 0 Å². The van der Waals surface area contributed by atoms with E-state index in [1.54, 1.807) is 4.90 Å². The standard InChI is InChI=1S/C17H26N2O2/c1-17(2,11-14-7-4-3-5-8-14)13-18-16(21)19-10-6-9-15(19)12-20/h3-5,7-8,15,20H,6,9-13H2,1-2H3,(H,18,21). The van der Waals surface area contributed by atoms with Gasteiger partial charge in [0.1, 0.15) is 0 Å². The number of aliphatic hydroxyl groups is 1. The molecular weight excluding hydrogens is 264 g/mol. The normalized spacial score (nSPS) is 18.8. The number of hydrogen-bond donors (Lipinski definition) is 2. The lowest BCUT2D eigenvalue weighted by Crippen LogP contribution is -2.47. The number of nitrogens with one attached hydrogen (secondary N) is 1. The topological polar surface area (TPSA) is 52.6 Å². The molecule has 0 radical (unpaired) electrons. The van der Waals surface area contributed by atoms with E-state index in [2.05, 4.69) is 31.3 Å². The van der Waals surface area contributed by atoms with E-state index in [-0.39, 0.29) is 24.1 Å². The van der Waals surface area contributed by atoms with Crippen molar-refractivity contribution in [3.8, 4) is 0 Å². The van der Waals surface area contributed by atoms with Gasteiger partial charge in [0.15, 0.2) is 0 Å². The van der Waals surface area contributed by atoms with E-state index in [4.69, 9.17) is 0 Å². The zero-order chi connectivity index (χ0) is 15.3. The van der Waals surface area contributed by atoms with Crippen LogP contribution in [0.25, 0.3) is 0 Å². The molecule has 116 valence electrons. The number of likely N-dealkylation sites (tertiary alicyclic amines) is 1. The van der Waals surface area contributed by atoms with Crippen LogP contribution in [0.2, 0.25) is 0 Å². The summed E-state index contributed by atoms with van der Waals surface area (Å²) in [5.74, 6) is 0. The highest BCUT2D eigenvalue weighted by molar-refractivity contribution is 5.74. The lowest BCUT2D eigenvalue weighted by molar-refractivity contribution is 0.154. The number of aliphatic hydroxyl groups excluding tert-OH is 1. The molecule has 0 saturated carbocycles. The Hall–Kier alpha value is -1.55. The molecule has 0 bridgehead atoms. The molecule has 2 rings (SSSR count). The summed E-state index contributed by atoms with van der Waals surface area (Å²) in [5.41, 5.74) is 1.29. The first kappa shape index (κ1) is 15.8. The summed E-state index contributed by atoms with van der Waals surface area (Å²) in [6, 6.07) is 10.3. The number of amides is 2. The molecule has 4 heteroatoms. The zero-order valence-corrected chi connectivity index (χ0v) is 13.0. The molecule has 21 heavy (non-hydrogen) atoms. The first-order valence-corrected chi connectivity index (χ1v) is 7.71. The van der Waals surface area contributed by atoms with Crippen molar-refractivity contribution in [3.05, 3.63) is 35.9 Å². The van der Waals surface area contributed by atoms with E-state index in [1.807, 2.05) is 18.2 Å². The molecule has 2 N–H and O–H groups in total. The summed E-state index contributed by atoms with van der Waals surface area (Å²) in [6.07, 6.45) is 2.81. The van der Waals surface area contributed by atoms with Crippen molar-refractivity contribution < 1.29 is 9.90 Å². The third kappa shape index (κ3) is 4.46. The number of carbonyl (C=O) groups excluding carboxylic acids is 1. The van der Waals surface area contributed by atoms with Gasteiger partial charge in [-0.05, 0) is 30.2 Å². The van der Waals surface area contributed by atoms with Crippen LogP contribution in [0, 0.1) is 5.41 Å². The van der Waals surface area contributed by atoms with Gasteiger partial charge in [-0.3, -0.25) is 0 Å². The van der Waals surface area contributed by atoms with Gasteiger partial charge in [0.25, 0.3) is 0 Å². The maximum atomic E-state index is 12.2. The van der Waals surface area contributed by atoms with Gasteiger partial charge in [-0.2, -0.15) is 0 Å². The van der Waals surface area contributed by atoms with Gasteiger partial charge in [-0.25, -0.2) is 4.79 Å². The molecule has 1 saturated heterocycles. The van der Waals surface area contributed by atoms with Crippen molar-refractivity contribution in [3.63, 3.8) is 0 Å². The fourth-order valence-corrected chi connectivity index (χ4v) is 2.92. The summed E-state index contributed by atoms with van der Waals surface area (Å²) in [6.45, 7) is 5.76. The summed E-state index contributed by atoms with van der Waals surface area (Å²) in [7, 11) is 0. The van der Waals surface area contributed by atoms with Crippen LogP contribution in [0.3, 0.4) is 0 Å². The molecule has 1 aliphatic rings. The maximum absolute atomic E-state index is 12.2. The second kappa shape index (κ2) is 6.94. The Labute approximate surface area is 127 Å². The predicted molar refractivity (Wildman–Crippen MR) is 84.1 cm³/mol. The van der Waals surface area contributed by atoms with Crippen LogP contribution in [-0.2, 0) is 6.42 Å². The minimum atomic E-state index is -0.0484. The van der Waals surface area contributed by atoms with Gasteiger partial charge in [0.05, 0.1) is 12.6 Å². The van der Waals surface area contributed by atoms with Gasteiger partial charge in [0, 0.05) is 13.1 Å². The zero-order valence-electron chi connectivity index (χ0n) is 13.0. The third-order valence-electron chi connectivity index (χ3n) is 4.09. The van der Waals surface area contributed by atoms with Crippen LogP contribution in [-0.4, -0.2) is 41.8 Å². The maximum Gasteiger partial charge on any atom is 0.317 e. The summed E-state index contributed by atoms with van der Waals surface area (Å²) in [4.78, 5) is 14.0. The summed E-state index contributed by atoms with van der Waals surface area (Å²) >= 11 is 0. The van der Waals surface area contributed by atoms with Gasteiger partial charge in [0.2, 0.25) is 0 Å². The van der Waals surface area contributed by atoms with E-state index in [1.165, 1.54) is 5.56 Å². The van der Waals surface area contributed by atoms with Crippen LogP contribution < -0.4 is 5.32 Å². The highest BCUT2D eigenvalue weighted by Gasteiger charge is 2.29. The molecule has 0 spiro atoms. The second-order valence-electron chi connectivity index (χ2n) is 6.66. The molecule has 0 aromatic heterocycles. The van der Waals surface area contributed by atoms with Gasteiger partial charge in [-0.1, -0.05) is 44.2 Å². The Balaban J connectivity index is 1.85. The number of hydrogen-bond acceptors (Lipinski definition) is 2. The highest BCUT2D eigenvalue weighted by Crippen LogP contribution is 2.22. The monoisotopic (exact) mass is 290 g/mol. The number of rotatable bonds is 5. The van der Waals surface area contributed by atoms with Crippen molar-refractivity contribution in [1.82, 2.24) is 10.2 Å². The quantitative estimate of drug-likeness (QED) is 0.875. The predicted octanol–water partition coefficient (Wildman–Crippen LogP) is 2.42. The van der Waals surface area contributed by atoms with Gasteiger partial charge < -0.3 is 15.3 Å². The molecule has 2 amide bonds. The van der Waals surface area contributed by atoms with Crippen molar-refractivity contribution in [2.24, 2.45) is 5.41 Å². The number of carbonyl (C=O) groups is 1. The third-order valence-corrected chi connectivity index (χ3v) is 4.09. The fourth-order valence-electron chi connectivity index (χ4n) is 2.92. The van der Waals surface area contributed by atoms with Crippen molar-refractivity contribution in [1.29, 1.82) is 0 Å². The Morgan fingerprint density at radius 1 is 1.38 bits per heavy atom. The molecule has 1 aromatic rings. The average molecular weight is 290 g/mol. The molecule has 1 atom stereocenters. The molecule has 1 unspecified atom stereocenters. The molecule has 1 fully saturated rings. The van der Waals surface area contributed by atoms with Crippen molar-refractivity contribution in [2.75, 3.05) is 19.7 Å². The van der Waals surface area contributed by atoms with E-state index in [0.717, 1.165) is 25.8 Å². The number of urea groups is 1. The number of benzene rings is 1. The summed E-state index contributed by atoms with van der Waals surface area (Å²) < 4.78 is 0. The first-order valence-electron chi connectivity index (χ1n) is 7.71. The van der Waals surface area contributed by atoms with E-state index >= 15 is 0 Å². The average Bonchev–Trinajstić information content (AvgIpc) is 2.94. The Kier molecular flexibility index (Phi) is 5.23. The van der Waals surface area contributed by atoms with E-state index in [9.17, 15) is 9.90 Å². The van der Waals surface area contributed by atoms with E-state index in [0.29, 0.717) is 6.54 Å². The van der Waals surface area contributed by atoms with Crippen molar-refractivity contribution >= 4 is 6.03 Å². The second-order valence-corrected chi connectivity index (χ2v) is 6.66. The van der Waals surface area contributed by atoms with Crippen LogP contribution in [0.1, 0.15) is 32.3 Å². The Morgan fingerprint density at radius 3 is 2.76 bits per heavy atom. The molecular formula is C17H26N2O2. The van der Waals surface area contributed by atoms with Crippen LogP contribution in [0.4, 0.5) is 4.79 Å². The van der Waals surface area contributed by atoms with Gasteiger partial charge in [-0.15, -0.1) is 0 Å². The lowest BCUT2D eigenvalue weighted by atomic mass is 9.86. The lowest BCUT2D eigenvalue weighted by Gasteiger charge is -2.28. The smallest absolute Gasteiger partial charge is 0.317 e. The molecule has 1 heterocycles. The minimum absolute atomic E-state index is 0.00541. The highest BCUT2D eigenvalue weighted by atomic mass is 16.3. The van der Waals surface area contributed by atoms with Crippen LogP contribution in [0.15, 0.2) is 30.3 Å². The minimum Gasteiger partial charge on any atom is -0.394 e. The molecule has 0 aliphatic carbocycles. The fraction of sp³-hybridized carbons (Fsp3) is 0.588. The SMILES string of the molecule is CC(C)(CNC(=O)N1CCCC1CO)Cc1ccccc1. The largest absolute Gasteiger partial charge is 0.394 e. The number of nitrogens with zero attached hydrogens (tertiary/aromatic N) is 1. The Bertz CT molecular complexity index is 459. The Morgan fingerprint density at radius 2 is 2.10 bits per heavy atom.